The number of amides is 1. The molecule has 0 atom stereocenters. The number of phenolic OH excluding ortho intramolecular Hbond substituents is 2. The maximum Gasteiger partial charge on any atom is 0.262 e. The second kappa shape index (κ2) is 9.50. The number of phenols is 2. The summed E-state index contributed by atoms with van der Waals surface area (Å²) in [5.74, 6) is -1.11. The molecular weight excluding hydrogens is 455 g/mol. The number of carbonyl (C=O) groups is 1. The number of aromatic nitrogens is 1. The summed E-state index contributed by atoms with van der Waals surface area (Å²) in [6, 6.07) is 27.4. The first-order valence-corrected chi connectivity index (χ1v) is 11.4. The summed E-state index contributed by atoms with van der Waals surface area (Å²) in [5, 5.41) is 20.7. The summed E-state index contributed by atoms with van der Waals surface area (Å²) in [5.41, 5.74) is 4.90. The van der Waals surface area contributed by atoms with Gasteiger partial charge in [0.05, 0.1) is 23.3 Å². The number of carbonyl (C=O) groups excluding carboxylic acids is 1. The molecule has 0 saturated heterocycles. The summed E-state index contributed by atoms with van der Waals surface area (Å²) in [4.78, 5) is 19.8. The molecule has 36 heavy (non-hydrogen) atoms. The molecule has 178 valence electrons. The Labute approximate surface area is 207 Å². The molecule has 1 heterocycles. The van der Waals surface area contributed by atoms with Gasteiger partial charge in [0, 0.05) is 22.7 Å². The van der Waals surface area contributed by atoms with Crippen LogP contribution < -0.4 is 4.90 Å². The Kier molecular flexibility index (Phi) is 6.09. The standard InChI is InChI=1S/C30H23FN2O3/c1-19-15-22-16-23(31)9-14-27(22)32-29(19)21-7-10-24(11-8-21)33(18-20-5-3-2-4-6-20)30(36)26-13-12-25(34)17-28(26)35/h2-17,34-35H,18H2,1H3. The van der Waals surface area contributed by atoms with Crippen molar-refractivity contribution in [2.75, 3.05) is 4.90 Å². The number of anilines is 1. The maximum absolute atomic E-state index is 13.6. The average molecular weight is 479 g/mol. The molecule has 0 spiro atoms. The van der Waals surface area contributed by atoms with Gasteiger partial charge in [0.2, 0.25) is 0 Å². The van der Waals surface area contributed by atoms with Gasteiger partial charge in [0.15, 0.2) is 0 Å². The Morgan fingerprint density at radius 2 is 1.64 bits per heavy atom. The highest BCUT2D eigenvalue weighted by molar-refractivity contribution is 6.08. The van der Waals surface area contributed by atoms with E-state index in [4.69, 9.17) is 4.98 Å². The lowest BCUT2D eigenvalue weighted by Gasteiger charge is -2.24. The van der Waals surface area contributed by atoms with Crippen LogP contribution in [0.5, 0.6) is 11.5 Å². The molecule has 0 radical (unpaired) electrons. The van der Waals surface area contributed by atoms with E-state index in [1.54, 1.807) is 11.0 Å². The number of rotatable bonds is 5. The van der Waals surface area contributed by atoms with Crippen LogP contribution in [0.1, 0.15) is 21.5 Å². The van der Waals surface area contributed by atoms with E-state index in [-0.39, 0.29) is 29.4 Å². The summed E-state index contributed by atoms with van der Waals surface area (Å²) in [6.45, 7) is 2.22. The minimum atomic E-state index is -0.397. The van der Waals surface area contributed by atoms with Gasteiger partial charge in [-0.2, -0.15) is 0 Å². The lowest BCUT2D eigenvalue weighted by molar-refractivity contribution is 0.0982. The first-order chi connectivity index (χ1) is 17.4. The van der Waals surface area contributed by atoms with Crippen molar-refractivity contribution < 1.29 is 19.4 Å². The van der Waals surface area contributed by atoms with Crippen LogP contribution in [0.25, 0.3) is 22.2 Å². The monoisotopic (exact) mass is 478 g/mol. The van der Waals surface area contributed by atoms with Crippen molar-refractivity contribution in [1.29, 1.82) is 0 Å². The average Bonchev–Trinajstić information content (AvgIpc) is 2.87. The highest BCUT2D eigenvalue weighted by atomic mass is 19.1. The number of halogens is 1. The molecule has 6 heteroatoms. The summed E-state index contributed by atoms with van der Waals surface area (Å²) in [7, 11) is 0. The van der Waals surface area contributed by atoms with Crippen molar-refractivity contribution in [3.8, 4) is 22.8 Å². The molecule has 1 aromatic heterocycles. The first kappa shape index (κ1) is 23.1. The van der Waals surface area contributed by atoms with Crippen LogP contribution in [0.15, 0.2) is 97.1 Å². The van der Waals surface area contributed by atoms with Crippen LogP contribution in [0.3, 0.4) is 0 Å². The molecule has 0 aliphatic carbocycles. The van der Waals surface area contributed by atoms with E-state index in [1.165, 1.54) is 24.3 Å². The van der Waals surface area contributed by atoms with Crippen molar-refractivity contribution >= 4 is 22.5 Å². The van der Waals surface area contributed by atoms with E-state index in [9.17, 15) is 19.4 Å². The molecule has 5 nitrogen and oxygen atoms in total. The molecule has 5 aromatic rings. The maximum atomic E-state index is 13.6. The van der Waals surface area contributed by atoms with Crippen LogP contribution >= 0.6 is 0 Å². The molecule has 2 N–H and O–H groups in total. The highest BCUT2D eigenvalue weighted by Crippen LogP contribution is 2.30. The molecule has 0 fully saturated rings. The number of pyridine rings is 1. The SMILES string of the molecule is Cc1cc2cc(F)ccc2nc1-c1ccc(N(Cc2ccccc2)C(=O)c2ccc(O)cc2O)cc1. The third kappa shape index (κ3) is 4.61. The van der Waals surface area contributed by atoms with Crippen molar-refractivity contribution in [3.05, 3.63) is 120 Å². The number of fused-ring (bicyclic) bond motifs is 1. The predicted octanol–water partition coefficient (Wildman–Crippen LogP) is 6.61. The molecule has 0 saturated carbocycles. The Bertz CT molecular complexity index is 1570. The second-order valence-electron chi connectivity index (χ2n) is 8.62. The van der Waals surface area contributed by atoms with Crippen molar-refractivity contribution in [2.45, 2.75) is 13.5 Å². The summed E-state index contributed by atoms with van der Waals surface area (Å²) < 4.78 is 13.6. The molecule has 0 aliphatic heterocycles. The molecular formula is C30H23FN2O3. The number of benzene rings is 4. The van der Waals surface area contributed by atoms with E-state index in [1.807, 2.05) is 67.6 Å². The van der Waals surface area contributed by atoms with E-state index in [0.29, 0.717) is 11.2 Å². The van der Waals surface area contributed by atoms with E-state index >= 15 is 0 Å². The minimum Gasteiger partial charge on any atom is -0.508 e. The van der Waals surface area contributed by atoms with Crippen molar-refractivity contribution in [3.63, 3.8) is 0 Å². The van der Waals surface area contributed by atoms with E-state index in [2.05, 4.69) is 0 Å². The van der Waals surface area contributed by atoms with Crippen molar-refractivity contribution in [1.82, 2.24) is 4.98 Å². The van der Waals surface area contributed by atoms with Crippen LogP contribution in [0.2, 0.25) is 0 Å². The van der Waals surface area contributed by atoms with Gasteiger partial charge in [-0.25, -0.2) is 9.37 Å². The molecule has 0 bridgehead atoms. The fourth-order valence-corrected chi connectivity index (χ4v) is 4.24. The topological polar surface area (TPSA) is 73.7 Å². The Morgan fingerprint density at radius 1 is 0.889 bits per heavy atom. The van der Waals surface area contributed by atoms with Crippen LogP contribution in [-0.4, -0.2) is 21.1 Å². The number of hydrogen-bond acceptors (Lipinski definition) is 4. The molecule has 5 rings (SSSR count). The summed E-state index contributed by atoms with van der Waals surface area (Å²) in [6.07, 6.45) is 0. The zero-order valence-corrected chi connectivity index (χ0v) is 19.5. The lowest BCUT2D eigenvalue weighted by atomic mass is 10.0. The van der Waals surface area contributed by atoms with Crippen LogP contribution in [0.4, 0.5) is 10.1 Å². The van der Waals surface area contributed by atoms with Crippen LogP contribution in [0, 0.1) is 12.7 Å². The van der Waals surface area contributed by atoms with Crippen LogP contribution in [-0.2, 0) is 6.54 Å². The highest BCUT2D eigenvalue weighted by Gasteiger charge is 2.22. The van der Waals surface area contributed by atoms with Gasteiger partial charge in [0.25, 0.3) is 5.91 Å². The minimum absolute atomic E-state index is 0.0899. The van der Waals surface area contributed by atoms with Gasteiger partial charge in [-0.1, -0.05) is 42.5 Å². The van der Waals surface area contributed by atoms with Gasteiger partial charge >= 0.3 is 0 Å². The third-order valence-electron chi connectivity index (χ3n) is 6.06. The lowest BCUT2D eigenvalue weighted by Crippen LogP contribution is -2.30. The summed E-state index contributed by atoms with van der Waals surface area (Å²) >= 11 is 0. The zero-order valence-electron chi connectivity index (χ0n) is 19.5. The second-order valence-corrected chi connectivity index (χ2v) is 8.62. The third-order valence-corrected chi connectivity index (χ3v) is 6.06. The van der Waals surface area contributed by atoms with Crippen molar-refractivity contribution in [2.24, 2.45) is 0 Å². The predicted molar refractivity (Wildman–Crippen MR) is 139 cm³/mol. The smallest absolute Gasteiger partial charge is 0.262 e. The van der Waals surface area contributed by atoms with Gasteiger partial charge in [-0.05, 0) is 66.6 Å². The molecule has 4 aromatic carbocycles. The molecule has 0 aliphatic rings. The number of nitrogens with zero attached hydrogens (tertiary/aromatic N) is 2. The van der Waals surface area contributed by atoms with Gasteiger partial charge in [-0.15, -0.1) is 0 Å². The zero-order chi connectivity index (χ0) is 25.2. The quantitative estimate of drug-likeness (QED) is 0.298. The molecule has 1 amide bonds. The van der Waals surface area contributed by atoms with Gasteiger partial charge in [-0.3, -0.25) is 4.79 Å². The number of aryl methyl sites for hydroxylation is 1. The molecule has 0 unspecified atom stereocenters. The normalized spacial score (nSPS) is 10.9. The Balaban J connectivity index is 1.52. The Hall–Kier alpha value is -4.71. The van der Waals surface area contributed by atoms with E-state index < -0.39 is 5.91 Å². The fourth-order valence-electron chi connectivity index (χ4n) is 4.24. The Morgan fingerprint density at radius 3 is 2.36 bits per heavy atom. The van der Waals surface area contributed by atoms with E-state index in [0.717, 1.165) is 33.8 Å². The fraction of sp³-hybridized carbons (Fsp3) is 0.0667. The number of aromatic hydroxyl groups is 2. The largest absolute Gasteiger partial charge is 0.508 e. The van der Waals surface area contributed by atoms with Gasteiger partial charge in [0.1, 0.15) is 17.3 Å². The number of hydrogen-bond donors (Lipinski definition) is 2. The first-order valence-electron chi connectivity index (χ1n) is 11.4. The van der Waals surface area contributed by atoms with Gasteiger partial charge < -0.3 is 15.1 Å².